The van der Waals surface area contributed by atoms with Crippen molar-refractivity contribution in [2.24, 2.45) is 5.92 Å². The van der Waals surface area contributed by atoms with Gasteiger partial charge in [-0.1, -0.05) is 12.1 Å². The van der Waals surface area contributed by atoms with E-state index in [0.29, 0.717) is 22.6 Å². The Hall–Kier alpha value is -3.22. The molecule has 0 saturated carbocycles. The molecule has 0 spiro atoms. The highest BCUT2D eigenvalue weighted by molar-refractivity contribution is 6.04. The smallest absolute Gasteiger partial charge is 0.229 e. The molecule has 0 radical (unpaired) electrons. The molecule has 7 heteroatoms. The number of nitrogens with zero attached hydrogens (tertiary/aromatic N) is 1. The van der Waals surface area contributed by atoms with Crippen molar-refractivity contribution in [1.29, 1.82) is 0 Å². The zero-order valence-corrected chi connectivity index (χ0v) is 15.1. The van der Waals surface area contributed by atoms with Gasteiger partial charge in [0, 0.05) is 37.0 Å². The van der Waals surface area contributed by atoms with Crippen molar-refractivity contribution < 1.29 is 18.8 Å². The lowest BCUT2D eigenvalue weighted by atomic mass is 10.1. The van der Waals surface area contributed by atoms with E-state index in [4.69, 9.17) is 0 Å². The first-order chi connectivity index (χ1) is 12.8. The molecule has 1 aliphatic heterocycles. The van der Waals surface area contributed by atoms with Crippen LogP contribution in [0.5, 0.6) is 0 Å². The summed E-state index contributed by atoms with van der Waals surface area (Å²) in [6.45, 7) is 3.27. The fourth-order valence-corrected chi connectivity index (χ4v) is 3.00. The van der Waals surface area contributed by atoms with E-state index in [1.807, 2.05) is 0 Å². The Morgan fingerprint density at radius 2 is 1.85 bits per heavy atom. The van der Waals surface area contributed by atoms with Crippen LogP contribution in [0.4, 0.5) is 21.5 Å². The van der Waals surface area contributed by atoms with Crippen LogP contribution in [-0.4, -0.2) is 24.3 Å². The summed E-state index contributed by atoms with van der Waals surface area (Å²) in [7, 11) is 0. The molecule has 3 rings (SSSR count). The van der Waals surface area contributed by atoms with E-state index in [2.05, 4.69) is 10.6 Å². The van der Waals surface area contributed by atoms with Gasteiger partial charge in [0.1, 0.15) is 5.82 Å². The second kappa shape index (κ2) is 7.57. The summed E-state index contributed by atoms with van der Waals surface area (Å²) < 4.78 is 13.6. The summed E-state index contributed by atoms with van der Waals surface area (Å²) in [6.07, 6.45) is 0.0739. The van der Waals surface area contributed by atoms with Crippen LogP contribution in [0, 0.1) is 18.7 Å². The molecule has 2 N–H and O–H groups in total. The number of hydrogen-bond acceptors (Lipinski definition) is 3. The van der Waals surface area contributed by atoms with Crippen LogP contribution in [0.15, 0.2) is 42.5 Å². The number of aryl methyl sites for hydroxylation is 1. The molecule has 2 aromatic rings. The van der Waals surface area contributed by atoms with Crippen molar-refractivity contribution in [1.82, 2.24) is 0 Å². The molecule has 1 aliphatic rings. The normalized spacial score (nSPS) is 16.3. The van der Waals surface area contributed by atoms with Gasteiger partial charge in [-0.25, -0.2) is 4.39 Å². The maximum absolute atomic E-state index is 13.6. The highest BCUT2D eigenvalue weighted by atomic mass is 19.1. The number of anilines is 3. The topological polar surface area (TPSA) is 78.5 Å². The lowest BCUT2D eigenvalue weighted by molar-refractivity contribution is -0.122. The molecular formula is C20H20FN3O3. The molecule has 3 amide bonds. The van der Waals surface area contributed by atoms with Crippen molar-refractivity contribution in [3.05, 3.63) is 53.8 Å². The van der Waals surface area contributed by atoms with Gasteiger partial charge in [-0.05, 0) is 42.8 Å². The third-order valence-electron chi connectivity index (χ3n) is 4.41. The quantitative estimate of drug-likeness (QED) is 0.869. The van der Waals surface area contributed by atoms with Gasteiger partial charge in [0.2, 0.25) is 17.7 Å². The first-order valence-corrected chi connectivity index (χ1v) is 8.58. The minimum absolute atomic E-state index is 0.0739. The van der Waals surface area contributed by atoms with Crippen LogP contribution in [0.3, 0.4) is 0 Å². The largest absolute Gasteiger partial charge is 0.326 e. The summed E-state index contributed by atoms with van der Waals surface area (Å²) in [5.74, 6) is -1.64. The minimum Gasteiger partial charge on any atom is -0.326 e. The highest BCUT2D eigenvalue weighted by Gasteiger charge is 2.35. The average Bonchev–Trinajstić information content (AvgIpc) is 3.00. The minimum atomic E-state index is -0.536. The lowest BCUT2D eigenvalue weighted by Gasteiger charge is -2.18. The zero-order chi connectivity index (χ0) is 19.6. The van der Waals surface area contributed by atoms with Crippen molar-refractivity contribution in [2.45, 2.75) is 20.3 Å². The molecule has 0 aromatic heterocycles. The summed E-state index contributed by atoms with van der Waals surface area (Å²) in [6, 6.07) is 11.4. The molecule has 0 unspecified atom stereocenters. The molecule has 0 bridgehead atoms. The van der Waals surface area contributed by atoms with Crippen molar-refractivity contribution in [3.8, 4) is 0 Å². The highest BCUT2D eigenvalue weighted by Crippen LogP contribution is 2.28. The van der Waals surface area contributed by atoms with Crippen LogP contribution in [-0.2, 0) is 14.4 Å². The van der Waals surface area contributed by atoms with Crippen LogP contribution in [0.25, 0.3) is 0 Å². The second-order valence-electron chi connectivity index (χ2n) is 6.59. The fourth-order valence-electron chi connectivity index (χ4n) is 3.00. The van der Waals surface area contributed by atoms with Crippen LogP contribution in [0.2, 0.25) is 0 Å². The van der Waals surface area contributed by atoms with Gasteiger partial charge in [-0.3, -0.25) is 14.4 Å². The third-order valence-corrected chi connectivity index (χ3v) is 4.41. The summed E-state index contributed by atoms with van der Waals surface area (Å²) in [5, 5.41) is 5.34. The lowest BCUT2D eigenvalue weighted by Crippen LogP contribution is -2.28. The van der Waals surface area contributed by atoms with Crippen molar-refractivity contribution in [3.63, 3.8) is 0 Å². The predicted molar refractivity (Wildman–Crippen MR) is 101 cm³/mol. The van der Waals surface area contributed by atoms with Crippen LogP contribution in [0.1, 0.15) is 18.9 Å². The monoisotopic (exact) mass is 369 g/mol. The Labute approximate surface area is 156 Å². The van der Waals surface area contributed by atoms with E-state index in [1.54, 1.807) is 43.3 Å². The number of halogens is 1. The third kappa shape index (κ3) is 4.31. The van der Waals surface area contributed by atoms with E-state index in [1.165, 1.54) is 17.9 Å². The Kier molecular flexibility index (Phi) is 5.21. The number of benzene rings is 2. The summed E-state index contributed by atoms with van der Waals surface area (Å²) >= 11 is 0. The molecule has 140 valence electrons. The number of hydrogen-bond donors (Lipinski definition) is 2. The molecule has 27 heavy (non-hydrogen) atoms. The Morgan fingerprint density at radius 3 is 2.56 bits per heavy atom. The van der Waals surface area contributed by atoms with E-state index in [-0.39, 0.29) is 30.7 Å². The van der Waals surface area contributed by atoms with Crippen molar-refractivity contribution in [2.75, 3.05) is 22.1 Å². The summed E-state index contributed by atoms with van der Waals surface area (Å²) in [5.41, 5.74) is 2.05. The molecule has 1 fully saturated rings. The van der Waals surface area contributed by atoms with Gasteiger partial charge >= 0.3 is 0 Å². The summed E-state index contributed by atoms with van der Waals surface area (Å²) in [4.78, 5) is 37.6. The Balaban J connectivity index is 1.70. The van der Waals surface area contributed by atoms with Crippen LogP contribution < -0.4 is 15.5 Å². The Bertz CT molecular complexity index is 913. The first kappa shape index (κ1) is 18.6. The van der Waals surface area contributed by atoms with Gasteiger partial charge in [0.15, 0.2) is 0 Å². The number of amides is 3. The fraction of sp³-hybridized carbons (Fsp3) is 0.250. The molecule has 2 aromatic carbocycles. The maximum atomic E-state index is 13.6. The average molecular weight is 369 g/mol. The SMILES string of the molecule is CC(=O)Nc1cccc(N2C[C@H](C(=O)Nc3ccc(C)c(F)c3)CC2=O)c1. The van der Waals surface area contributed by atoms with E-state index in [0.717, 1.165) is 0 Å². The standard InChI is InChI=1S/C20H20FN3O3/c1-12-6-7-16(10-18(12)21)23-20(27)14-8-19(26)24(11-14)17-5-3-4-15(9-17)22-13(2)25/h3-7,9-10,14H,8,11H2,1-2H3,(H,22,25)(H,23,27)/t14-/m1/s1. The molecule has 0 aliphatic carbocycles. The van der Waals surface area contributed by atoms with E-state index < -0.39 is 11.7 Å². The molecule has 1 saturated heterocycles. The van der Waals surface area contributed by atoms with Gasteiger partial charge in [0.25, 0.3) is 0 Å². The van der Waals surface area contributed by atoms with Gasteiger partial charge < -0.3 is 15.5 Å². The second-order valence-corrected chi connectivity index (χ2v) is 6.59. The molecule has 1 heterocycles. The van der Waals surface area contributed by atoms with Gasteiger partial charge in [0.05, 0.1) is 5.92 Å². The zero-order valence-electron chi connectivity index (χ0n) is 15.1. The van der Waals surface area contributed by atoms with Gasteiger partial charge in [-0.15, -0.1) is 0 Å². The number of rotatable bonds is 4. The van der Waals surface area contributed by atoms with E-state index >= 15 is 0 Å². The van der Waals surface area contributed by atoms with Gasteiger partial charge in [-0.2, -0.15) is 0 Å². The molecular weight excluding hydrogens is 349 g/mol. The van der Waals surface area contributed by atoms with E-state index in [9.17, 15) is 18.8 Å². The Morgan fingerprint density at radius 1 is 1.11 bits per heavy atom. The number of carbonyl (C=O) groups excluding carboxylic acids is 3. The first-order valence-electron chi connectivity index (χ1n) is 8.58. The molecule has 1 atom stereocenters. The maximum Gasteiger partial charge on any atom is 0.229 e. The van der Waals surface area contributed by atoms with Crippen LogP contribution >= 0.6 is 0 Å². The predicted octanol–water partition coefficient (Wildman–Crippen LogP) is 3.08. The number of carbonyl (C=O) groups is 3. The molecule has 6 nitrogen and oxygen atoms in total. The number of nitrogens with one attached hydrogen (secondary N) is 2. The van der Waals surface area contributed by atoms with Crippen molar-refractivity contribution >= 4 is 34.8 Å².